The van der Waals surface area contributed by atoms with Crippen LogP contribution in [0.25, 0.3) is 21.9 Å². The Bertz CT molecular complexity index is 1210. The monoisotopic (exact) mass is 449 g/mol. The van der Waals surface area contributed by atoms with E-state index in [9.17, 15) is 19.5 Å². The number of amides is 1. The summed E-state index contributed by atoms with van der Waals surface area (Å²) >= 11 is 1.24. The number of fused-ring (bicyclic) bond motifs is 1. The molecule has 7 heteroatoms. The van der Waals surface area contributed by atoms with Gasteiger partial charge in [-0.05, 0) is 36.1 Å². The number of hydrogen-bond acceptors (Lipinski definition) is 5. The molecule has 0 bridgehead atoms. The number of carboxylic acid groups (broad SMARTS) is 1. The smallest absolute Gasteiger partial charge is 0.341 e. The Morgan fingerprint density at radius 3 is 2.50 bits per heavy atom. The number of thiophene rings is 1. The van der Waals surface area contributed by atoms with Gasteiger partial charge in [0.1, 0.15) is 10.6 Å². The Labute approximate surface area is 189 Å². The van der Waals surface area contributed by atoms with Crippen molar-refractivity contribution < 1.29 is 24.2 Å². The number of carbonyl (C=O) groups is 3. The second-order valence-corrected chi connectivity index (χ2v) is 8.46. The Hall–Kier alpha value is -3.45. The molecule has 2 N–H and O–H groups in total. The van der Waals surface area contributed by atoms with Crippen molar-refractivity contribution in [3.8, 4) is 11.1 Å². The van der Waals surface area contributed by atoms with E-state index in [-0.39, 0.29) is 6.61 Å². The van der Waals surface area contributed by atoms with Crippen LogP contribution in [0.2, 0.25) is 0 Å². The fourth-order valence-corrected chi connectivity index (χ4v) is 5.05. The molecule has 32 heavy (non-hydrogen) atoms. The van der Waals surface area contributed by atoms with E-state index >= 15 is 0 Å². The van der Waals surface area contributed by atoms with Crippen LogP contribution in [0.3, 0.4) is 0 Å². The number of nitrogens with one attached hydrogen (secondary N) is 1. The molecule has 2 aromatic carbocycles. The normalized spacial score (nSPS) is 17.8. The minimum Gasteiger partial charge on any atom is -0.481 e. The Morgan fingerprint density at radius 2 is 1.75 bits per heavy atom. The number of benzene rings is 2. The van der Waals surface area contributed by atoms with Crippen LogP contribution in [-0.2, 0) is 14.3 Å². The molecule has 164 valence electrons. The highest BCUT2D eigenvalue weighted by atomic mass is 32.1. The lowest BCUT2D eigenvalue weighted by Gasteiger charge is -2.24. The molecule has 0 aliphatic heterocycles. The van der Waals surface area contributed by atoms with Crippen LogP contribution >= 0.6 is 11.3 Å². The van der Waals surface area contributed by atoms with Crippen molar-refractivity contribution >= 4 is 45.0 Å². The van der Waals surface area contributed by atoms with Gasteiger partial charge in [0.05, 0.1) is 18.4 Å². The quantitative estimate of drug-likeness (QED) is 0.391. The van der Waals surface area contributed by atoms with Crippen LogP contribution in [0.1, 0.15) is 30.1 Å². The number of anilines is 1. The summed E-state index contributed by atoms with van der Waals surface area (Å²) in [5.74, 6) is -3.41. The molecule has 1 heterocycles. The van der Waals surface area contributed by atoms with E-state index < -0.39 is 29.7 Å². The van der Waals surface area contributed by atoms with Crippen LogP contribution < -0.4 is 5.32 Å². The van der Waals surface area contributed by atoms with E-state index in [4.69, 9.17) is 4.74 Å². The summed E-state index contributed by atoms with van der Waals surface area (Å²) < 4.78 is 5.30. The number of carbonyl (C=O) groups excluding carboxylic acids is 2. The molecule has 0 fully saturated rings. The maximum Gasteiger partial charge on any atom is 0.341 e. The van der Waals surface area contributed by atoms with Gasteiger partial charge in [-0.25, -0.2) is 4.79 Å². The first-order valence-electron chi connectivity index (χ1n) is 10.5. The fraction of sp³-hybridized carbons (Fsp3) is 0.240. The van der Waals surface area contributed by atoms with Gasteiger partial charge in [-0.1, -0.05) is 54.6 Å². The van der Waals surface area contributed by atoms with E-state index in [2.05, 4.69) is 5.32 Å². The third-order valence-electron chi connectivity index (χ3n) is 5.67. The zero-order chi connectivity index (χ0) is 22.7. The van der Waals surface area contributed by atoms with Crippen LogP contribution in [0.4, 0.5) is 5.00 Å². The Morgan fingerprint density at radius 1 is 1.03 bits per heavy atom. The first-order chi connectivity index (χ1) is 15.5. The van der Waals surface area contributed by atoms with E-state index in [1.165, 1.54) is 11.3 Å². The van der Waals surface area contributed by atoms with E-state index in [1.54, 1.807) is 13.0 Å². The number of hydrogen-bond donors (Lipinski definition) is 2. The molecule has 4 rings (SSSR count). The van der Waals surface area contributed by atoms with Crippen LogP contribution in [0.5, 0.6) is 0 Å². The highest BCUT2D eigenvalue weighted by Gasteiger charge is 2.35. The second-order valence-electron chi connectivity index (χ2n) is 7.58. The number of allylic oxidation sites excluding steroid dienone is 2. The first kappa shape index (κ1) is 21.8. The second kappa shape index (κ2) is 9.36. The molecule has 0 saturated carbocycles. The third-order valence-corrected chi connectivity index (χ3v) is 6.57. The largest absolute Gasteiger partial charge is 0.481 e. The fourth-order valence-electron chi connectivity index (χ4n) is 4.10. The predicted molar refractivity (Wildman–Crippen MR) is 125 cm³/mol. The zero-order valence-electron chi connectivity index (χ0n) is 17.5. The van der Waals surface area contributed by atoms with Crippen molar-refractivity contribution in [3.63, 3.8) is 0 Å². The lowest BCUT2D eigenvalue weighted by Crippen LogP contribution is -2.34. The predicted octanol–water partition coefficient (Wildman–Crippen LogP) is 5.35. The van der Waals surface area contributed by atoms with Gasteiger partial charge in [0.25, 0.3) is 0 Å². The number of rotatable bonds is 6. The third kappa shape index (κ3) is 4.16. The maximum atomic E-state index is 13.0. The molecule has 0 radical (unpaired) electrons. The van der Waals surface area contributed by atoms with Crippen LogP contribution in [0, 0.1) is 11.8 Å². The van der Waals surface area contributed by atoms with E-state index in [0.29, 0.717) is 29.0 Å². The highest BCUT2D eigenvalue weighted by molar-refractivity contribution is 7.15. The average Bonchev–Trinajstić information content (AvgIpc) is 3.22. The van der Waals surface area contributed by atoms with Gasteiger partial charge in [0.15, 0.2) is 0 Å². The van der Waals surface area contributed by atoms with Gasteiger partial charge in [-0.2, -0.15) is 0 Å². The molecule has 0 unspecified atom stereocenters. The van der Waals surface area contributed by atoms with E-state index in [0.717, 1.165) is 16.3 Å². The van der Waals surface area contributed by atoms with Gasteiger partial charge in [0, 0.05) is 10.9 Å². The summed E-state index contributed by atoms with van der Waals surface area (Å²) in [4.78, 5) is 37.5. The summed E-state index contributed by atoms with van der Waals surface area (Å²) in [6.07, 6.45) is 4.27. The van der Waals surface area contributed by atoms with Crippen LogP contribution in [0.15, 0.2) is 60.0 Å². The number of esters is 1. The van der Waals surface area contributed by atoms with Gasteiger partial charge in [0.2, 0.25) is 5.91 Å². The minimum absolute atomic E-state index is 0.200. The van der Waals surface area contributed by atoms with Gasteiger partial charge >= 0.3 is 11.9 Å². The first-order valence-corrected chi connectivity index (χ1v) is 11.3. The molecule has 1 aliphatic rings. The highest BCUT2D eigenvalue weighted by Crippen LogP contribution is 2.40. The van der Waals surface area contributed by atoms with E-state index in [1.807, 2.05) is 53.9 Å². The minimum atomic E-state index is -0.997. The molecule has 2 atom stereocenters. The molecule has 1 aromatic heterocycles. The van der Waals surface area contributed by atoms with Gasteiger partial charge < -0.3 is 15.2 Å². The molecule has 0 spiro atoms. The summed E-state index contributed by atoms with van der Waals surface area (Å²) in [5, 5.41) is 16.6. The summed E-state index contributed by atoms with van der Waals surface area (Å²) in [5.41, 5.74) is 1.84. The average molecular weight is 450 g/mol. The molecule has 6 nitrogen and oxygen atoms in total. The van der Waals surface area contributed by atoms with Crippen LogP contribution in [-0.4, -0.2) is 29.6 Å². The Kier molecular flexibility index (Phi) is 6.37. The number of aliphatic carboxylic acids is 1. The van der Waals surface area contributed by atoms with Crippen molar-refractivity contribution in [1.29, 1.82) is 0 Å². The van der Waals surface area contributed by atoms with Crippen molar-refractivity contribution in [3.05, 3.63) is 65.6 Å². The topological polar surface area (TPSA) is 92.7 Å². The van der Waals surface area contributed by atoms with Crippen molar-refractivity contribution in [2.24, 2.45) is 11.8 Å². The molecular formula is C25H23NO5S. The summed E-state index contributed by atoms with van der Waals surface area (Å²) in [6, 6.07) is 13.7. The van der Waals surface area contributed by atoms with Gasteiger partial charge in [-0.3, -0.25) is 9.59 Å². The van der Waals surface area contributed by atoms with Crippen molar-refractivity contribution in [1.82, 2.24) is 0 Å². The number of carboxylic acids is 1. The van der Waals surface area contributed by atoms with Crippen molar-refractivity contribution in [2.45, 2.75) is 19.8 Å². The maximum absolute atomic E-state index is 13.0. The Balaban J connectivity index is 1.74. The molecule has 3 aromatic rings. The van der Waals surface area contributed by atoms with Crippen molar-refractivity contribution in [2.75, 3.05) is 11.9 Å². The van der Waals surface area contributed by atoms with Gasteiger partial charge in [-0.15, -0.1) is 11.3 Å². The number of ether oxygens (including phenoxy) is 1. The molecule has 1 amide bonds. The summed E-state index contributed by atoms with van der Waals surface area (Å²) in [6.45, 7) is 1.93. The molecule has 0 saturated heterocycles. The lowest BCUT2D eigenvalue weighted by molar-refractivity contribution is -0.146. The lowest BCUT2D eigenvalue weighted by atomic mass is 9.82. The standard InChI is InChI=1S/C25H23NO5S/c1-2-31-25(30)21-20(17-13-7-9-15-8-3-4-10-16(15)17)14-32-23(21)26-22(27)18-11-5-6-12-19(18)24(28)29/h3-10,13-14,18-19H,2,11-12H2,1H3,(H,26,27)(H,28,29)/t18-,19-/m0/s1. The zero-order valence-corrected chi connectivity index (χ0v) is 18.4. The molecular weight excluding hydrogens is 426 g/mol. The summed E-state index contributed by atoms with van der Waals surface area (Å²) in [7, 11) is 0. The SMILES string of the molecule is CCOC(=O)c1c(-c2cccc3ccccc23)csc1NC(=O)[C@H]1CC=CC[C@@H]1C(=O)O. The molecule has 1 aliphatic carbocycles.